The molecular weight excluding hydrogens is 134 g/mol. The van der Waals surface area contributed by atoms with Gasteiger partial charge in [0.2, 0.25) is 0 Å². The molecule has 1 aliphatic rings. The van der Waals surface area contributed by atoms with Gasteiger partial charge >= 0.3 is 0 Å². The summed E-state index contributed by atoms with van der Waals surface area (Å²) in [7, 11) is 3.60. The highest BCUT2D eigenvalue weighted by Gasteiger charge is 2.21. The Morgan fingerprint density at radius 3 is 2.30 bits per heavy atom. The largest absolute Gasteiger partial charge is 0.325 e. The minimum Gasteiger partial charge on any atom is -0.325 e. The van der Waals surface area contributed by atoms with Gasteiger partial charge in [-0.05, 0) is 0 Å². The first-order chi connectivity index (χ1) is 4.75. The van der Waals surface area contributed by atoms with E-state index in [1.165, 1.54) is 0 Å². The molecule has 0 amide bonds. The van der Waals surface area contributed by atoms with Crippen molar-refractivity contribution in [1.29, 1.82) is 0 Å². The van der Waals surface area contributed by atoms with Gasteiger partial charge in [-0.25, -0.2) is 0 Å². The van der Waals surface area contributed by atoms with Gasteiger partial charge in [-0.2, -0.15) is 0 Å². The molecule has 1 heterocycles. The Balaban J connectivity index is 2.51. The lowest BCUT2D eigenvalue weighted by Gasteiger charge is -2.22. The molecule has 0 fully saturated rings. The topological polar surface area (TPSA) is 45.1 Å². The van der Waals surface area contributed by atoms with Crippen LogP contribution in [0.4, 0.5) is 0 Å². The average molecular weight is 143 g/mol. The minimum atomic E-state index is -0.377. The zero-order chi connectivity index (χ0) is 7.56. The maximum atomic E-state index is 9.70. The summed E-state index contributed by atoms with van der Waals surface area (Å²) in [5.74, 6) is 0. The van der Waals surface area contributed by atoms with Crippen LogP contribution < -0.4 is 0 Å². The van der Waals surface area contributed by atoms with Crippen molar-refractivity contribution in [2.24, 2.45) is 5.34 Å². The van der Waals surface area contributed by atoms with Crippen molar-refractivity contribution in [2.45, 2.75) is 6.35 Å². The molecule has 1 aliphatic heterocycles. The molecule has 0 saturated carbocycles. The quantitative estimate of drug-likeness (QED) is 0.412. The van der Waals surface area contributed by atoms with Crippen LogP contribution in [0.15, 0.2) is 17.7 Å². The van der Waals surface area contributed by atoms with Gasteiger partial charge in [-0.3, -0.25) is 0 Å². The molecule has 0 aromatic rings. The van der Waals surface area contributed by atoms with Crippen molar-refractivity contribution >= 4 is 0 Å². The van der Waals surface area contributed by atoms with Crippen LogP contribution in [0, 0.1) is 4.91 Å². The van der Waals surface area contributed by atoms with Crippen LogP contribution in [-0.2, 0) is 4.84 Å². The van der Waals surface area contributed by atoms with Crippen molar-refractivity contribution in [1.82, 2.24) is 9.80 Å². The first-order valence-corrected chi connectivity index (χ1v) is 2.86. The number of hydrogen-bond acceptors (Lipinski definition) is 5. The molecule has 10 heavy (non-hydrogen) atoms. The van der Waals surface area contributed by atoms with E-state index in [0.29, 0.717) is 0 Å². The van der Waals surface area contributed by atoms with Gasteiger partial charge in [0.25, 0.3) is 6.35 Å². The molecule has 1 rings (SSSR count). The Kier molecular flexibility index (Phi) is 1.75. The fourth-order valence-corrected chi connectivity index (χ4v) is 0.832. The molecule has 5 heteroatoms. The van der Waals surface area contributed by atoms with E-state index >= 15 is 0 Å². The Bertz CT molecular complexity index is 147. The zero-order valence-electron chi connectivity index (χ0n) is 5.89. The Labute approximate surface area is 58.8 Å². The van der Waals surface area contributed by atoms with Gasteiger partial charge in [-0.1, -0.05) is 0 Å². The molecule has 0 saturated heterocycles. The van der Waals surface area contributed by atoms with E-state index in [4.69, 9.17) is 0 Å². The molecular formula is C5H9N3O2. The minimum absolute atomic E-state index is 0.377. The highest BCUT2D eigenvalue weighted by atomic mass is 16.7. The smallest absolute Gasteiger partial charge is 0.280 e. The van der Waals surface area contributed by atoms with Crippen molar-refractivity contribution in [3.63, 3.8) is 0 Å². The van der Waals surface area contributed by atoms with Crippen LogP contribution in [0.3, 0.4) is 0 Å². The molecule has 0 unspecified atom stereocenters. The predicted molar refractivity (Wildman–Crippen MR) is 35.3 cm³/mol. The summed E-state index contributed by atoms with van der Waals surface area (Å²) in [5, 5.41) is 2.35. The molecule has 0 aliphatic carbocycles. The van der Waals surface area contributed by atoms with Crippen LogP contribution in [0.1, 0.15) is 0 Å². The standard InChI is InChI=1S/C5H9N3O2/c1-7-3-4-8(2)5(7)10-6-9/h3-5H,1-2H3. The van der Waals surface area contributed by atoms with Gasteiger partial charge < -0.3 is 14.6 Å². The lowest BCUT2D eigenvalue weighted by atomic mass is 10.8. The van der Waals surface area contributed by atoms with E-state index in [2.05, 4.69) is 10.2 Å². The first kappa shape index (κ1) is 6.85. The Hall–Kier alpha value is -1.26. The number of nitrogens with zero attached hydrogens (tertiary/aromatic N) is 3. The monoisotopic (exact) mass is 143 g/mol. The highest BCUT2D eigenvalue weighted by Crippen LogP contribution is 2.11. The summed E-state index contributed by atoms with van der Waals surface area (Å²) in [6, 6.07) is 0. The van der Waals surface area contributed by atoms with E-state index in [1.807, 2.05) is 0 Å². The predicted octanol–water partition coefficient (Wildman–Crippen LogP) is 0.316. The van der Waals surface area contributed by atoms with Crippen LogP contribution in [0.2, 0.25) is 0 Å². The number of rotatable bonds is 2. The third kappa shape index (κ3) is 1.02. The summed E-state index contributed by atoms with van der Waals surface area (Å²) in [6.07, 6.45) is 3.23. The van der Waals surface area contributed by atoms with E-state index < -0.39 is 0 Å². The second kappa shape index (κ2) is 2.55. The van der Waals surface area contributed by atoms with Gasteiger partial charge in [0.15, 0.2) is 5.34 Å². The number of hydrogen-bond donors (Lipinski definition) is 0. The van der Waals surface area contributed by atoms with Crippen molar-refractivity contribution in [3.05, 3.63) is 17.3 Å². The van der Waals surface area contributed by atoms with Gasteiger partial charge in [0, 0.05) is 26.5 Å². The van der Waals surface area contributed by atoms with Gasteiger partial charge in [0.05, 0.1) is 0 Å². The van der Waals surface area contributed by atoms with Crippen molar-refractivity contribution in [2.75, 3.05) is 14.1 Å². The van der Waals surface area contributed by atoms with E-state index in [1.54, 1.807) is 36.3 Å². The third-order valence-electron chi connectivity index (χ3n) is 1.37. The molecule has 0 aromatic heterocycles. The molecule has 56 valence electrons. The van der Waals surface area contributed by atoms with Crippen molar-refractivity contribution < 1.29 is 4.84 Å². The highest BCUT2D eigenvalue weighted by molar-refractivity contribution is 4.89. The second-order valence-corrected chi connectivity index (χ2v) is 2.14. The lowest BCUT2D eigenvalue weighted by Crippen LogP contribution is -2.35. The van der Waals surface area contributed by atoms with Gasteiger partial charge in [0.1, 0.15) is 0 Å². The Morgan fingerprint density at radius 2 is 1.90 bits per heavy atom. The molecule has 0 aromatic carbocycles. The van der Waals surface area contributed by atoms with E-state index in [-0.39, 0.29) is 6.35 Å². The van der Waals surface area contributed by atoms with Crippen LogP contribution in [-0.4, -0.2) is 30.2 Å². The molecule has 0 radical (unpaired) electrons. The normalized spacial score (nSPS) is 18.2. The summed E-state index contributed by atoms with van der Waals surface area (Å²) < 4.78 is 0. The fraction of sp³-hybridized carbons (Fsp3) is 0.600. The molecule has 0 bridgehead atoms. The molecule has 0 spiro atoms. The second-order valence-electron chi connectivity index (χ2n) is 2.14. The maximum Gasteiger partial charge on any atom is 0.280 e. The van der Waals surface area contributed by atoms with Gasteiger partial charge in [-0.15, -0.1) is 4.91 Å². The molecule has 0 N–H and O–H groups in total. The summed E-state index contributed by atoms with van der Waals surface area (Å²) in [5.41, 5.74) is 0. The van der Waals surface area contributed by atoms with E-state index in [0.717, 1.165) is 0 Å². The SMILES string of the molecule is CN1C=CN(C)C1ON=O. The summed E-state index contributed by atoms with van der Waals surface area (Å²) in [6.45, 7) is 0. The molecule has 5 nitrogen and oxygen atoms in total. The van der Waals surface area contributed by atoms with Crippen LogP contribution >= 0.6 is 0 Å². The van der Waals surface area contributed by atoms with Crippen LogP contribution in [0.25, 0.3) is 0 Å². The maximum absolute atomic E-state index is 9.70. The fourth-order valence-electron chi connectivity index (χ4n) is 0.832. The van der Waals surface area contributed by atoms with E-state index in [9.17, 15) is 4.91 Å². The molecule has 0 atom stereocenters. The first-order valence-electron chi connectivity index (χ1n) is 2.86. The summed E-state index contributed by atoms with van der Waals surface area (Å²) >= 11 is 0. The van der Waals surface area contributed by atoms with Crippen LogP contribution in [0.5, 0.6) is 0 Å². The summed E-state index contributed by atoms with van der Waals surface area (Å²) in [4.78, 5) is 17.7. The van der Waals surface area contributed by atoms with Crippen molar-refractivity contribution in [3.8, 4) is 0 Å². The average Bonchev–Trinajstić information content (AvgIpc) is 2.20. The zero-order valence-corrected chi connectivity index (χ0v) is 5.89. The lowest BCUT2D eigenvalue weighted by molar-refractivity contribution is -0.0873. The Morgan fingerprint density at radius 1 is 1.40 bits per heavy atom. The third-order valence-corrected chi connectivity index (χ3v) is 1.37.